The molecule has 0 spiro atoms. The van der Waals surface area contributed by atoms with E-state index in [9.17, 15) is 9.36 Å². The van der Waals surface area contributed by atoms with Crippen LogP contribution in [0.25, 0.3) is 0 Å². The minimum absolute atomic E-state index is 0.178. The third-order valence-corrected chi connectivity index (χ3v) is 1.62. The maximum absolute atomic E-state index is 10.8. The van der Waals surface area contributed by atoms with Gasteiger partial charge in [0.25, 0.3) is 0 Å². The number of aromatic nitrogens is 1. The van der Waals surface area contributed by atoms with Gasteiger partial charge in [0.1, 0.15) is 0 Å². The zero-order valence-electron chi connectivity index (χ0n) is 6.10. The summed E-state index contributed by atoms with van der Waals surface area (Å²) >= 11 is 0. The van der Waals surface area contributed by atoms with Gasteiger partial charge in [-0.2, -0.15) is 0 Å². The fraction of sp³-hybridized carbons (Fsp3) is 0.143. The molecule has 1 N–H and O–H groups in total. The molecule has 62 valence electrons. The molecular weight excluding hydrogens is 177 g/mol. The Kier molecular flexibility index (Phi) is 2.92. The van der Waals surface area contributed by atoms with E-state index in [1.807, 2.05) is 0 Å². The van der Waals surface area contributed by atoms with Gasteiger partial charge in [0.05, 0.1) is 0 Å². The molecule has 0 aliphatic heterocycles. The van der Waals surface area contributed by atoms with Crippen molar-refractivity contribution in [1.29, 1.82) is 0 Å². The summed E-state index contributed by atoms with van der Waals surface area (Å²) in [4.78, 5) is 10.8. The summed E-state index contributed by atoms with van der Waals surface area (Å²) in [6.07, 6.45) is 0.178. The van der Waals surface area contributed by atoms with Crippen LogP contribution in [-0.4, -0.2) is 9.94 Å². The molecule has 0 atom stereocenters. The van der Waals surface area contributed by atoms with Crippen LogP contribution in [0, 0.1) is 5.63 Å². The van der Waals surface area contributed by atoms with Crippen LogP contribution in [0.2, 0.25) is 0 Å². The molecule has 12 heavy (non-hydrogen) atoms. The summed E-state index contributed by atoms with van der Waals surface area (Å²) in [7, 11) is -0.233. The molecule has 0 fully saturated rings. The van der Waals surface area contributed by atoms with Crippen molar-refractivity contribution in [2.24, 2.45) is 0 Å². The Labute approximate surface area is 69.5 Å². The van der Waals surface area contributed by atoms with Gasteiger partial charge in [0, 0.05) is 0 Å². The number of pyridine rings is 1. The number of hydrogen-bond donors (Lipinski definition) is 1. The molecule has 0 aromatic carbocycles. The minimum atomic E-state index is -0.503. The Balaban J connectivity index is 3.13. The van der Waals surface area contributed by atoms with E-state index in [0.29, 0.717) is 10.4 Å². The van der Waals surface area contributed by atoms with Gasteiger partial charge in [-0.25, -0.2) is 0 Å². The third kappa shape index (κ3) is 1.88. The first-order chi connectivity index (χ1) is 5.75. The van der Waals surface area contributed by atoms with E-state index in [1.54, 1.807) is 6.07 Å². The first-order valence-corrected chi connectivity index (χ1v) is 4.02. The maximum atomic E-state index is 10.8. The van der Waals surface area contributed by atoms with Gasteiger partial charge in [-0.3, -0.25) is 0 Å². The number of nitrogens with zero attached hydrogens (tertiary/aromatic N) is 1. The molecule has 5 heteroatoms. The van der Waals surface area contributed by atoms with Crippen molar-refractivity contribution in [3.05, 3.63) is 34.2 Å². The quantitative estimate of drug-likeness (QED) is 0.519. The first kappa shape index (κ1) is 8.85. The Morgan fingerprint density at radius 2 is 2.33 bits per heavy atom. The number of hydrogen-bond acceptors (Lipinski definition) is 3. The van der Waals surface area contributed by atoms with E-state index < -0.39 is 5.56 Å². The van der Waals surface area contributed by atoms with E-state index in [-0.39, 0.29) is 14.3 Å². The Hall–Kier alpha value is -1.24. The van der Waals surface area contributed by atoms with Crippen LogP contribution in [0.4, 0.5) is 0 Å². The second-order valence-electron chi connectivity index (χ2n) is 2.09. The van der Waals surface area contributed by atoms with Gasteiger partial charge in [0.15, 0.2) is 0 Å². The van der Waals surface area contributed by atoms with E-state index >= 15 is 0 Å². The Morgan fingerprint density at radius 3 is 3.00 bits per heavy atom. The van der Waals surface area contributed by atoms with Crippen LogP contribution in [0.1, 0.15) is 5.69 Å². The topological polar surface area (TPSA) is 59.3 Å². The van der Waals surface area contributed by atoms with Crippen molar-refractivity contribution in [2.75, 3.05) is 0 Å². The van der Waals surface area contributed by atoms with E-state index in [1.165, 1.54) is 12.1 Å². The Morgan fingerprint density at radius 1 is 1.58 bits per heavy atom. The fourth-order valence-electron chi connectivity index (χ4n) is 0.771. The second-order valence-corrected chi connectivity index (χ2v) is 2.59. The van der Waals surface area contributed by atoms with Gasteiger partial charge in [-0.15, -0.1) is 0 Å². The van der Waals surface area contributed by atoms with Gasteiger partial charge >= 0.3 is 68.7 Å². The average molecular weight is 183 g/mol. The monoisotopic (exact) mass is 183 g/mol. The molecule has 1 aromatic rings. The Bertz CT molecular complexity index is 431. The molecular formula is C7H6NO3P. The van der Waals surface area contributed by atoms with Crippen LogP contribution >= 0.6 is 7.92 Å². The summed E-state index contributed by atoms with van der Waals surface area (Å²) in [5.41, 5.74) is 2.29. The molecule has 0 aliphatic rings. The number of rotatable bonds is 1. The van der Waals surface area contributed by atoms with E-state index in [4.69, 9.17) is 5.21 Å². The van der Waals surface area contributed by atoms with Crippen LogP contribution in [0.5, 0.6) is 0 Å². The molecule has 1 rings (SSSR count). The molecule has 0 amide bonds. The normalized spacial score (nSPS) is 9.00. The van der Waals surface area contributed by atoms with Gasteiger partial charge in [0.2, 0.25) is 0 Å². The standard InChI is InChI=1S/C7H6NO3P/c9-7-3-1-2-6(8(7)10)4-5-12-11/h1-3,10H,4H2. The first-order valence-electron chi connectivity index (χ1n) is 3.21. The van der Waals surface area contributed by atoms with Gasteiger partial charge in [-0.05, 0) is 0 Å². The molecule has 1 heterocycles. The van der Waals surface area contributed by atoms with Gasteiger partial charge in [-0.1, -0.05) is 0 Å². The van der Waals surface area contributed by atoms with Crippen molar-refractivity contribution < 1.29 is 9.77 Å². The average Bonchev–Trinajstić information content (AvgIpc) is 2.08. The summed E-state index contributed by atoms with van der Waals surface area (Å²) in [6.45, 7) is 0. The third-order valence-electron chi connectivity index (χ3n) is 1.33. The van der Waals surface area contributed by atoms with Crippen LogP contribution in [0.3, 0.4) is 0 Å². The fourth-order valence-corrected chi connectivity index (χ4v) is 0.998. The van der Waals surface area contributed by atoms with Crippen molar-refractivity contribution in [3.8, 4) is 5.63 Å². The van der Waals surface area contributed by atoms with Crippen LogP contribution in [0.15, 0.2) is 23.0 Å². The van der Waals surface area contributed by atoms with Crippen molar-refractivity contribution in [2.45, 2.75) is 6.42 Å². The van der Waals surface area contributed by atoms with Crippen molar-refractivity contribution in [1.82, 2.24) is 4.73 Å². The van der Waals surface area contributed by atoms with E-state index in [0.717, 1.165) is 0 Å². The zero-order chi connectivity index (χ0) is 8.97. The summed E-state index contributed by atoms with van der Waals surface area (Å²) < 4.78 is 10.5. The zero-order valence-corrected chi connectivity index (χ0v) is 6.99. The summed E-state index contributed by atoms with van der Waals surface area (Å²) in [5, 5.41) is 9.08. The van der Waals surface area contributed by atoms with Crippen molar-refractivity contribution in [3.63, 3.8) is 0 Å². The SMILES string of the molecule is O=P#CCc1cccc(=O)n1O. The van der Waals surface area contributed by atoms with E-state index in [2.05, 4.69) is 5.63 Å². The molecule has 0 bridgehead atoms. The molecule has 4 nitrogen and oxygen atoms in total. The van der Waals surface area contributed by atoms with Gasteiger partial charge < -0.3 is 0 Å². The van der Waals surface area contributed by atoms with Crippen LogP contribution < -0.4 is 5.56 Å². The predicted molar refractivity (Wildman–Crippen MR) is 43.1 cm³/mol. The molecule has 0 aliphatic carbocycles. The molecule has 0 saturated heterocycles. The summed E-state index contributed by atoms with van der Waals surface area (Å²) in [6, 6.07) is 4.31. The second kappa shape index (κ2) is 3.96. The molecule has 0 unspecified atom stereocenters. The molecule has 1 aromatic heterocycles. The predicted octanol–water partition coefficient (Wildman–Crippen LogP) is 0.879. The molecule has 0 radical (unpaired) electrons. The summed E-state index contributed by atoms with van der Waals surface area (Å²) in [5.74, 6) is 0. The molecule has 0 saturated carbocycles. The van der Waals surface area contributed by atoms with Crippen LogP contribution in [-0.2, 0) is 11.0 Å². The van der Waals surface area contributed by atoms with Crippen molar-refractivity contribution >= 4 is 7.92 Å².